The fourth-order valence-electron chi connectivity index (χ4n) is 2.72. The molecule has 2 amide bonds. The zero-order chi connectivity index (χ0) is 13.4. The van der Waals surface area contributed by atoms with Crippen LogP contribution in [0.2, 0.25) is 4.47 Å². The highest BCUT2D eigenvalue weighted by molar-refractivity contribution is 7.17. The summed E-state index contributed by atoms with van der Waals surface area (Å²) in [4.78, 5) is 25.4. The van der Waals surface area contributed by atoms with Gasteiger partial charge in [0, 0.05) is 25.6 Å². The first-order valence-corrected chi connectivity index (χ1v) is 7.40. The Kier molecular flexibility index (Phi) is 3.40. The van der Waals surface area contributed by atoms with E-state index in [1.54, 1.807) is 4.90 Å². The molecule has 3 heterocycles. The highest BCUT2D eigenvalue weighted by atomic mass is 35.5. The number of carbonyl (C=O) groups is 2. The Bertz CT molecular complexity index is 521. The third-order valence-electron chi connectivity index (χ3n) is 3.69. The number of nitrogens with zero attached hydrogens (tertiary/aromatic N) is 3. The molecule has 0 aromatic carbocycles. The third-order valence-corrected chi connectivity index (χ3v) is 4.70. The lowest BCUT2D eigenvalue weighted by atomic mass is 9.85. The fourth-order valence-corrected chi connectivity index (χ4v) is 3.52. The number of piperidine rings is 2. The van der Waals surface area contributed by atoms with Crippen LogP contribution in [0.25, 0.3) is 0 Å². The van der Waals surface area contributed by atoms with Crippen LogP contribution in [0.1, 0.15) is 29.1 Å². The molecular weight excluding hydrogens is 288 g/mol. The van der Waals surface area contributed by atoms with Gasteiger partial charge >= 0.3 is 0 Å². The molecule has 2 aliphatic heterocycles. The van der Waals surface area contributed by atoms with Crippen molar-refractivity contribution in [1.82, 2.24) is 20.4 Å². The van der Waals surface area contributed by atoms with E-state index in [0.717, 1.165) is 24.2 Å². The largest absolute Gasteiger partial charge is 0.353 e. The van der Waals surface area contributed by atoms with Crippen LogP contribution < -0.4 is 5.32 Å². The average Bonchev–Trinajstić information content (AvgIpc) is 2.84. The number of fused-ring (bicyclic) bond motifs is 1. The molecule has 19 heavy (non-hydrogen) atoms. The van der Waals surface area contributed by atoms with E-state index in [-0.39, 0.29) is 22.3 Å². The van der Waals surface area contributed by atoms with Gasteiger partial charge in [0.1, 0.15) is 0 Å². The molecule has 2 saturated heterocycles. The van der Waals surface area contributed by atoms with Crippen molar-refractivity contribution >= 4 is 34.8 Å². The summed E-state index contributed by atoms with van der Waals surface area (Å²) in [5.74, 6) is 0.357. The molecule has 2 atom stereocenters. The Balaban J connectivity index is 1.68. The molecular formula is C11H13ClN4O2S. The average molecular weight is 301 g/mol. The standard InChI is InChI=1S/C11H13ClN4O2S/c12-11-15-14-9(19-11)10(18)16-4-3-7-6(5-16)1-2-8(17)13-7/h6-7H,1-5H2,(H,13,17). The van der Waals surface area contributed by atoms with E-state index in [2.05, 4.69) is 15.5 Å². The van der Waals surface area contributed by atoms with E-state index in [4.69, 9.17) is 11.6 Å². The summed E-state index contributed by atoms with van der Waals surface area (Å²) in [7, 11) is 0. The van der Waals surface area contributed by atoms with Crippen LogP contribution in [0.3, 0.4) is 0 Å². The van der Waals surface area contributed by atoms with Gasteiger partial charge in [0.05, 0.1) is 0 Å². The number of likely N-dealkylation sites (tertiary alicyclic amines) is 1. The first-order valence-electron chi connectivity index (χ1n) is 6.21. The summed E-state index contributed by atoms with van der Waals surface area (Å²) in [6, 6.07) is 0.211. The second-order valence-electron chi connectivity index (χ2n) is 4.87. The lowest BCUT2D eigenvalue weighted by molar-refractivity contribution is -0.125. The van der Waals surface area contributed by atoms with Gasteiger partial charge in [-0.25, -0.2) is 0 Å². The topological polar surface area (TPSA) is 75.2 Å². The van der Waals surface area contributed by atoms with Crippen LogP contribution in [-0.2, 0) is 4.79 Å². The van der Waals surface area contributed by atoms with Crippen LogP contribution in [0.15, 0.2) is 0 Å². The molecule has 0 spiro atoms. The van der Waals surface area contributed by atoms with Crippen LogP contribution >= 0.6 is 22.9 Å². The molecule has 1 aromatic rings. The molecule has 1 N–H and O–H groups in total. The zero-order valence-electron chi connectivity index (χ0n) is 10.1. The summed E-state index contributed by atoms with van der Waals surface area (Å²) in [6.07, 6.45) is 2.19. The zero-order valence-corrected chi connectivity index (χ0v) is 11.7. The minimum atomic E-state index is -0.111. The summed E-state index contributed by atoms with van der Waals surface area (Å²) in [5.41, 5.74) is 0. The van der Waals surface area contributed by atoms with Crippen molar-refractivity contribution < 1.29 is 9.59 Å². The fraction of sp³-hybridized carbons (Fsp3) is 0.636. The van der Waals surface area contributed by atoms with E-state index < -0.39 is 0 Å². The molecule has 0 bridgehead atoms. The summed E-state index contributed by atoms with van der Waals surface area (Å²) in [6.45, 7) is 1.30. The van der Waals surface area contributed by atoms with Gasteiger partial charge in [-0.1, -0.05) is 11.3 Å². The Morgan fingerprint density at radius 3 is 3.00 bits per heavy atom. The van der Waals surface area contributed by atoms with Gasteiger partial charge in [-0.05, 0) is 30.4 Å². The quantitative estimate of drug-likeness (QED) is 0.837. The second-order valence-corrected chi connectivity index (χ2v) is 6.43. The Morgan fingerprint density at radius 2 is 2.26 bits per heavy atom. The third kappa shape index (κ3) is 2.57. The smallest absolute Gasteiger partial charge is 0.284 e. The van der Waals surface area contributed by atoms with Crippen LogP contribution in [0, 0.1) is 5.92 Å². The minimum absolute atomic E-state index is 0.111. The molecule has 6 nitrogen and oxygen atoms in total. The number of amides is 2. The number of hydrogen-bond acceptors (Lipinski definition) is 5. The molecule has 2 unspecified atom stereocenters. The van der Waals surface area contributed by atoms with E-state index in [0.29, 0.717) is 30.4 Å². The summed E-state index contributed by atoms with van der Waals surface area (Å²) in [5, 5.41) is 10.8. The molecule has 0 radical (unpaired) electrons. The van der Waals surface area contributed by atoms with Gasteiger partial charge in [-0.2, -0.15) is 0 Å². The van der Waals surface area contributed by atoms with Gasteiger partial charge in [0.25, 0.3) is 5.91 Å². The van der Waals surface area contributed by atoms with E-state index in [9.17, 15) is 9.59 Å². The summed E-state index contributed by atoms with van der Waals surface area (Å²) < 4.78 is 0.281. The number of hydrogen-bond donors (Lipinski definition) is 1. The molecule has 1 aromatic heterocycles. The molecule has 0 aliphatic carbocycles. The number of carbonyl (C=O) groups excluding carboxylic acids is 2. The number of nitrogens with one attached hydrogen (secondary N) is 1. The molecule has 3 rings (SSSR count). The van der Waals surface area contributed by atoms with Gasteiger partial charge in [0.15, 0.2) is 0 Å². The minimum Gasteiger partial charge on any atom is -0.353 e. The molecule has 8 heteroatoms. The normalized spacial score (nSPS) is 26.8. The first kappa shape index (κ1) is 12.8. The lowest BCUT2D eigenvalue weighted by Crippen LogP contribution is -2.55. The monoisotopic (exact) mass is 300 g/mol. The SMILES string of the molecule is O=C1CCC2CN(C(=O)c3nnc(Cl)s3)CCC2N1. The van der Waals surface area contributed by atoms with Crippen molar-refractivity contribution in [1.29, 1.82) is 0 Å². The first-order chi connectivity index (χ1) is 9.13. The number of aromatic nitrogens is 2. The van der Waals surface area contributed by atoms with Crippen molar-refractivity contribution in [3.8, 4) is 0 Å². The van der Waals surface area contributed by atoms with E-state index in [1.807, 2.05) is 0 Å². The Labute approximate surface area is 119 Å². The van der Waals surface area contributed by atoms with E-state index >= 15 is 0 Å². The molecule has 2 aliphatic rings. The van der Waals surface area contributed by atoms with Gasteiger partial charge in [-0.15, -0.1) is 10.2 Å². The maximum absolute atomic E-state index is 12.2. The van der Waals surface area contributed by atoms with Crippen molar-refractivity contribution in [3.05, 3.63) is 9.47 Å². The van der Waals surface area contributed by atoms with E-state index in [1.165, 1.54) is 0 Å². The maximum Gasteiger partial charge on any atom is 0.284 e. The van der Waals surface area contributed by atoms with Crippen LogP contribution in [0.4, 0.5) is 0 Å². The Morgan fingerprint density at radius 1 is 1.42 bits per heavy atom. The van der Waals surface area contributed by atoms with Gasteiger partial charge < -0.3 is 10.2 Å². The summed E-state index contributed by atoms with van der Waals surface area (Å²) >= 11 is 6.80. The molecule has 102 valence electrons. The molecule has 0 saturated carbocycles. The van der Waals surface area contributed by atoms with Crippen molar-refractivity contribution in [3.63, 3.8) is 0 Å². The van der Waals surface area contributed by atoms with Crippen LogP contribution in [0.5, 0.6) is 0 Å². The van der Waals surface area contributed by atoms with Crippen molar-refractivity contribution in [2.75, 3.05) is 13.1 Å². The lowest BCUT2D eigenvalue weighted by Gasteiger charge is -2.41. The number of halogens is 1. The molecule has 2 fully saturated rings. The van der Waals surface area contributed by atoms with Crippen LogP contribution in [-0.4, -0.2) is 46.0 Å². The number of rotatable bonds is 1. The second kappa shape index (κ2) is 5.05. The predicted molar refractivity (Wildman–Crippen MR) is 70.1 cm³/mol. The highest BCUT2D eigenvalue weighted by Crippen LogP contribution is 2.27. The Hall–Kier alpha value is -1.21. The highest BCUT2D eigenvalue weighted by Gasteiger charge is 2.36. The van der Waals surface area contributed by atoms with Gasteiger partial charge in [-0.3, -0.25) is 9.59 Å². The van der Waals surface area contributed by atoms with Crippen molar-refractivity contribution in [2.24, 2.45) is 5.92 Å². The maximum atomic E-state index is 12.2. The predicted octanol–water partition coefficient (Wildman–Crippen LogP) is 0.932. The van der Waals surface area contributed by atoms with Crippen molar-refractivity contribution in [2.45, 2.75) is 25.3 Å². The van der Waals surface area contributed by atoms with Gasteiger partial charge in [0.2, 0.25) is 15.4 Å².